The Bertz CT molecular complexity index is 1140. The molecule has 8 nitrogen and oxygen atoms in total. The molecule has 1 amide bonds. The number of hydrogen-bond donors (Lipinski definition) is 4. The van der Waals surface area contributed by atoms with Crippen LogP contribution in [0.4, 0.5) is 0 Å². The first kappa shape index (κ1) is 25.1. The Hall–Kier alpha value is -3.56. The predicted octanol–water partition coefficient (Wildman–Crippen LogP) is 4.14. The van der Waals surface area contributed by atoms with E-state index in [4.69, 9.17) is 10.1 Å². The molecular weight excluding hydrogens is 436 g/mol. The number of amides is 1. The summed E-state index contributed by atoms with van der Waals surface area (Å²) in [5.41, 5.74) is 8.60. The maximum Gasteiger partial charge on any atom is 0.336 e. The molecule has 178 valence electrons. The molecule has 3 rings (SSSR count). The highest BCUT2D eigenvalue weighted by Gasteiger charge is 2.16. The van der Waals surface area contributed by atoms with E-state index in [9.17, 15) is 14.7 Å². The molecule has 8 heteroatoms. The van der Waals surface area contributed by atoms with Crippen LogP contribution in [0.1, 0.15) is 54.1 Å². The van der Waals surface area contributed by atoms with Gasteiger partial charge in [0.15, 0.2) is 0 Å². The second-order valence-corrected chi connectivity index (χ2v) is 8.01. The topological polar surface area (TPSA) is 117 Å². The number of rotatable bonds is 11. The van der Waals surface area contributed by atoms with Crippen LogP contribution in [0, 0.1) is 13.8 Å². The Balaban J connectivity index is 1.49. The van der Waals surface area contributed by atoms with Crippen molar-refractivity contribution in [3.05, 3.63) is 105 Å². The molecule has 3 aromatic rings. The van der Waals surface area contributed by atoms with E-state index in [1.54, 1.807) is 12.1 Å². The number of hydroxylamine groups is 1. The van der Waals surface area contributed by atoms with Crippen LogP contribution in [0.25, 0.3) is 0 Å². The molecule has 0 atom stereocenters. The van der Waals surface area contributed by atoms with E-state index in [1.807, 2.05) is 56.3 Å². The van der Waals surface area contributed by atoms with Crippen molar-refractivity contribution in [2.45, 2.75) is 40.2 Å². The van der Waals surface area contributed by atoms with Gasteiger partial charge in [-0.2, -0.15) is 5.48 Å². The molecule has 0 aliphatic heterocycles. The number of carbonyl (C=O) groups excluding carboxylic acids is 1. The number of aryl methyl sites for hydroxylation is 2. The quantitative estimate of drug-likeness (QED) is 0.191. The Morgan fingerprint density at radius 2 is 1.44 bits per heavy atom. The summed E-state index contributed by atoms with van der Waals surface area (Å²) in [5.74, 6) is -1.56. The lowest BCUT2D eigenvalue weighted by atomic mass is 10.0. The van der Waals surface area contributed by atoms with E-state index in [0.717, 1.165) is 33.4 Å². The Kier molecular flexibility index (Phi) is 8.89. The fourth-order valence-electron chi connectivity index (χ4n) is 3.45. The third kappa shape index (κ3) is 6.97. The van der Waals surface area contributed by atoms with Crippen molar-refractivity contribution in [3.8, 4) is 0 Å². The van der Waals surface area contributed by atoms with E-state index >= 15 is 0 Å². The number of aromatic carboxylic acids is 1. The van der Waals surface area contributed by atoms with Gasteiger partial charge in [0.2, 0.25) is 0 Å². The average molecular weight is 465 g/mol. The van der Waals surface area contributed by atoms with Gasteiger partial charge in [-0.25, -0.2) is 9.68 Å². The summed E-state index contributed by atoms with van der Waals surface area (Å²) >= 11 is 0. The fourth-order valence-corrected chi connectivity index (χ4v) is 3.45. The summed E-state index contributed by atoms with van der Waals surface area (Å²) in [6, 6.07) is 18.1. The van der Waals surface area contributed by atoms with Crippen molar-refractivity contribution in [1.82, 2.24) is 10.8 Å². The summed E-state index contributed by atoms with van der Waals surface area (Å²) in [6.07, 6.45) is 0. The van der Waals surface area contributed by atoms with E-state index < -0.39 is 11.9 Å². The first-order valence-electron chi connectivity index (χ1n) is 10.8. The average Bonchev–Trinajstić information content (AvgIpc) is 2.82. The minimum atomic E-state index is -1.13. The second-order valence-electron chi connectivity index (χ2n) is 8.01. The van der Waals surface area contributed by atoms with Crippen molar-refractivity contribution in [1.29, 1.82) is 0 Å². The summed E-state index contributed by atoms with van der Waals surface area (Å²) in [4.78, 5) is 33.7. The van der Waals surface area contributed by atoms with Gasteiger partial charge in [0.25, 0.3) is 5.91 Å². The van der Waals surface area contributed by atoms with Gasteiger partial charge in [-0.1, -0.05) is 59.7 Å². The van der Waals surface area contributed by atoms with Crippen LogP contribution < -0.4 is 10.8 Å². The molecule has 0 bridgehead atoms. The zero-order valence-corrected chi connectivity index (χ0v) is 19.1. The van der Waals surface area contributed by atoms with E-state index in [1.165, 1.54) is 6.07 Å². The largest absolute Gasteiger partial charge is 0.478 e. The molecule has 0 saturated carbocycles. The smallest absolute Gasteiger partial charge is 0.336 e. The van der Waals surface area contributed by atoms with Gasteiger partial charge < -0.3 is 10.4 Å². The Labute approximate surface area is 198 Å². The minimum Gasteiger partial charge on any atom is -0.478 e. The van der Waals surface area contributed by atoms with Crippen LogP contribution in [-0.2, 0) is 36.0 Å². The van der Waals surface area contributed by atoms with Gasteiger partial charge in [0, 0.05) is 13.1 Å². The molecule has 0 heterocycles. The zero-order chi connectivity index (χ0) is 24.5. The normalized spacial score (nSPS) is 10.8. The monoisotopic (exact) mass is 464 g/mol. The van der Waals surface area contributed by atoms with Gasteiger partial charge in [0.1, 0.15) is 6.61 Å². The Morgan fingerprint density at radius 3 is 2.12 bits per heavy atom. The molecule has 0 radical (unpaired) electrons. The third-order valence-electron chi connectivity index (χ3n) is 5.31. The standard InChI is InChI=1S/C26H28N2O6/c1-17-3-9-21(16-34-32)22(11-17)15-33-28-14-20-7-5-19(6-8-20)13-27-25(29)24-12-18(2)4-10-23(24)26(30)31/h3-12,28,32H,13-16H2,1-2H3,(H,27,29)(H,30,31). The molecule has 0 saturated heterocycles. The molecule has 34 heavy (non-hydrogen) atoms. The van der Waals surface area contributed by atoms with E-state index in [-0.39, 0.29) is 24.3 Å². The molecule has 0 spiro atoms. The maximum atomic E-state index is 12.5. The molecular formula is C26H28N2O6. The molecule has 0 fully saturated rings. The number of hydrogen-bond acceptors (Lipinski definition) is 6. The van der Waals surface area contributed by atoms with E-state index in [2.05, 4.69) is 15.7 Å². The molecule has 3 aromatic carbocycles. The van der Waals surface area contributed by atoms with Crippen molar-refractivity contribution < 1.29 is 29.7 Å². The van der Waals surface area contributed by atoms with Gasteiger partial charge >= 0.3 is 5.97 Å². The van der Waals surface area contributed by atoms with Crippen LogP contribution in [0.2, 0.25) is 0 Å². The van der Waals surface area contributed by atoms with Crippen molar-refractivity contribution in [2.75, 3.05) is 0 Å². The van der Waals surface area contributed by atoms with E-state index in [0.29, 0.717) is 13.2 Å². The minimum absolute atomic E-state index is 0.0220. The highest BCUT2D eigenvalue weighted by Crippen LogP contribution is 2.15. The number of benzene rings is 3. The highest BCUT2D eigenvalue weighted by molar-refractivity contribution is 6.04. The van der Waals surface area contributed by atoms with Crippen LogP contribution in [0.5, 0.6) is 0 Å². The lowest BCUT2D eigenvalue weighted by Crippen LogP contribution is -2.25. The van der Waals surface area contributed by atoms with Crippen LogP contribution in [0.15, 0.2) is 60.7 Å². The summed E-state index contributed by atoms with van der Waals surface area (Å²) in [5, 5.41) is 20.8. The van der Waals surface area contributed by atoms with Crippen LogP contribution >= 0.6 is 0 Å². The second kappa shape index (κ2) is 12.1. The van der Waals surface area contributed by atoms with Gasteiger partial charge in [0.05, 0.1) is 17.7 Å². The van der Waals surface area contributed by atoms with Crippen molar-refractivity contribution in [2.24, 2.45) is 0 Å². The fraction of sp³-hybridized carbons (Fsp3) is 0.231. The van der Waals surface area contributed by atoms with Crippen molar-refractivity contribution >= 4 is 11.9 Å². The van der Waals surface area contributed by atoms with Crippen LogP contribution in [0.3, 0.4) is 0 Å². The zero-order valence-electron chi connectivity index (χ0n) is 19.1. The number of carboxylic acids is 1. The Morgan fingerprint density at radius 1 is 0.794 bits per heavy atom. The van der Waals surface area contributed by atoms with Crippen LogP contribution in [-0.4, -0.2) is 22.2 Å². The summed E-state index contributed by atoms with van der Waals surface area (Å²) < 4.78 is 0. The molecule has 4 N–H and O–H groups in total. The molecule has 0 aliphatic carbocycles. The predicted molar refractivity (Wildman–Crippen MR) is 126 cm³/mol. The summed E-state index contributed by atoms with van der Waals surface area (Å²) in [6.45, 7) is 4.97. The van der Waals surface area contributed by atoms with Gasteiger partial charge in [-0.15, -0.1) is 0 Å². The lowest BCUT2D eigenvalue weighted by Gasteiger charge is -2.11. The number of carboxylic acid groups (broad SMARTS) is 1. The third-order valence-corrected chi connectivity index (χ3v) is 5.31. The first-order chi connectivity index (χ1) is 16.4. The van der Waals surface area contributed by atoms with Crippen molar-refractivity contribution in [3.63, 3.8) is 0 Å². The lowest BCUT2D eigenvalue weighted by molar-refractivity contribution is -0.253. The molecule has 0 unspecified atom stereocenters. The SMILES string of the molecule is Cc1ccc(COO)c(CONCc2ccc(CNC(=O)c3cc(C)ccc3C(=O)O)cc2)c1. The number of carbonyl (C=O) groups is 2. The van der Waals surface area contributed by atoms with Gasteiger partial charge in [-0.3, -0.25) is 14.9 Å². The van der Waals surface area contributed by atoms with Gasteiger partial charge in [-0.05, 0) is 48.2 Å². The summed E-state index contributed by atoms with van der Waals surface area (Å²) in [7, 11) is 0. The maximum absolute atomic E-state index is 12.5. The molecule has 0 aromatic heterocycles. The molecule has 0 aliphatic rings. The number of nitrogens with one attached hydrogen (secondary N) is 2. The first-order valence-corrected chi connectivity index (χ1v) is 10.8. The highest BCUT2D eigenvalue weighted by atomic mass is 17.1.